The van der Waals surface area contributed by atoms with Gasteiger partial charge >= 0.3 is 6.09 Å². The average Bonchev–Trinajstić information content (AvgIpc) is 2.78. The third-order valence-electron chi connectivity index (χ3n) is 2.38. The lowest BCUT2D eigenvalue weighted by atomic mass is 10.2. The smallest absolute Gasteiger partial charge is 0.436 e. The Morgan fingerprint density at radius 1 is 1.50 bits per heavy atom. The van der Waals surface area contributed by atoms with E-state index in [1.807, 2.05) is 32.0 Å². The molecule has 2 rings (SSSR count). The van der Waals surface area contributed by atoms with Crippen molar-refractivity contribution in [1.29, 1.82) is 0 Å². The summed E-state index contributed by atoms with van der Waals surface area (Å²) in [5.74, 6) is 0.295. The number of benzene rings is 1. The third kappa shape index (κ3) is 2.69. The molecule has 0 aliphatic carbocycles. The minimum atomic E-state index is -0.488. The van der Waals surface area contributed by atoms with E-state index in [1.54, 1.807) is 0 Å². The molecule has 1 aromatic carbocycles. The Bertz CT molecular complexity index is 565. The van der Waals surface area contributed by atoms with Crippen LogP contribution in [0.3, 0.4) is 0 Å². The van der Waals surface area contributed by atoms with Crippen molar-refractivity contribution in [2.24, 2.45) is 5.92 Å². The van der Waals surface area contributed by atoms with E-state index in [-0.39, 0.29) is 0 Å². The van der Waals surface area contributed by atoms with Gasteiger partial charge in [-0.05, 0) is 23.6 Å². The van der Waals surface area contributed by atoms with Gasteiger partial charge in [0, 0.05) is 5.33 Å². The first-order valence-corrected chi connectivity index (χ1v) is 6.81. The van der Waals surface area contributed by atoms with E-state index >= 15 is 0 Å². The summed E-state index contributed by atoms with van der Waals surface area (Å²) < 4.78 is 6.31. The van der Waals surface area contributed by atoms with E-state index in [9.17, 15) is 4.79 Å². The van der Waals surface area contributed by atoms with Crippen molar-refractivity contribution < 1.29 is 9.53 Å². The Labute approximate surface area is 113 Å². The molecule has 5 nitrogen and oxygen atoms in total. The van der Waals surface area contributed by atoms with Crippen molar-refractivity contribution >= 4 is 33.1 Å². The fourth-order valence-electron chi connectivity index (χ4n) is 1.49. The molecule has 0 aliphatic rings. The number of hydrogen-bond acceptors (Lipinski definition) is 4. The predicted octanol–water partition coefficient (Wildman–Crippen LogP) is 2.97. The lowest BCUT2D eigenvalue weighted by Crippen LogP contribution is -2.17. The van der Waals surface area contributed by atoms with E-state index in [1.165, 1.54) is 4.68 Å². The van der Waals surface area contributed by atoms with Crippen molar-refractivity contribution in [3.05, 3.63) is 23.8 Å². The van der Waals surface area contributed by atoms with E-state index in [2.05, 4.69) is 26.2 Å². The maximum absolute atomic E-state index is 11.8. The number of nitrogens with zero attached hydrogens (tertiary/aromatic N) is 3. The van der Waals surface area contributed by atoms with Gasteiger partial charge in [0.2, 0.25) is 0 Å². The Balaban J connectivity index is 2.26. The van der Waals surface area contributed by atoms with E-state index in [0.29, 0.717) is 23.6 Å². The van der Waals surface area contributed by atoms with Gasteiger partial charge in [0.1, 0.15) is 11.0 Å². The van der Waals surface area contributed by atoms with Gasteiger partial charge < -0.3 is 4.74 Å². The number of fused-ring (bicyclic) bond motifs is 1. The summed E-state index contributed by atoms with van der Waals surface area (Å²) in [4.78, 5) is 11.8. The molecule has 6 heteroatoms. The number of ether oxygens (including phenoxy) is 1. The summed E-state index contributed by atoms with van der Waals surface area (Å²) in [6, 6.07) is 5.64. The molecule has 0 fully saturated rings. The molecule has 96 valence electrons. The quantitative estimate of drug-likeness (QED) is 0.818. The summed E-state index contributed by atoms with van der Waals surface area (Å²) in [5, 5.41) is 8.54. The largest absolute Gasteiger partial charge is 0.448 e. The number of rotatable bonds is 3. The first-order chi connectivity index (χ1) is 8.61. The fourth-order valence-corrected chi connectivity index (χ4v) is 1.84. The monoisotopic (exact) mass is 311 g/mol. The second-order valence-electron chi connectivity index (χ2n) is 4.43. The van der Waals surface area contributed by atoms with Crippen LogP contribution in [-0.2, 0) is 10.1 Å². The zero-order valence-corrected chi connectivity index (χ0v) is 11.8. The lowest BCUT2D eigenvalue weighted by Gasteiger charge is -2.06. The fraction of sp³-hybridized carbons (Fsp3) is 0.417. The van der Waals surface area contributed by atoms with E-state index < -0.39 is 6.09 Å². The van der Waals surface area contributed by atoms with Crippen LogP contribution in [0.2, 0.25) is 0 Å². The Morgan fingerprint density at radius 2 is 2.28 bits per heavy atom. The normalized spacial score (nSPS) is 11.1. The van der Waals surface area contributed by atoms with Gasteiger partial charge in [-0.15, -0.1) is 9.78 Å². The molecular formula is C12H14BrN3O2. The summed E-state index contributed by atoms with van der Waals surface area (Å²) in [6.45, 7) is 4.34. The number of hydrogen-bond donors (Lipinski definition) is 0. The summed E-state index contributed by atoms with van der Waals surface area (Å²) >= 11 is 3.37. The molecule has 0 aliphatic heterocycles. The van der Waals surface area contributed by atoms with Crippen LogP contribution < -0.4 is 0 Å². The molecule has 18 heavy (non-hydrogen) atoms. The molecule has 1 aromatic heterocycles. The summed E-state index contributed by atoms with van der Waals surface area (Å²) in [5.41, 5.74) is 2.44. The van der Waals surface area contributed by atoms with Crippen molar-refractivity contribution in [3.8, 4) is 0 Å². The Kier molecular flexibility index (Phi) is 3.96. The van der Waals surface area contributed by atoms with Gasteiger partial charge in [0.05, 0.1) is 6.61 Å². The van der Waals surface area contributed by atoms with Crippen molar-refractivity contribution in [2.45, 2.75) is 19.2 Å². The van der Waals surface area contributed by atoms with Crippen molar-refractivity contribution in [1.82, 2.24) is 15.0 Å². The molecule has 0 radical (unpaired) electrons. The molecule has 0 bridgehead atoms. The second-order valence-corrected chi connectivity index (χ2v) is 4.99. The topological polar surface area (TPSA) is 57.0 Å². The van der Waals surface area contributed by atoms with Crippen LogP contribution in [0.15, 0.2) is 18.2 Å². The molecule has 1 heterocycles. The number of alkyl halides is 1. The van der Waals surface area contributed by atoms with Gasteiger partial charge in [-0.3, -0.25) is 0 Å². The number of carbonyl (C=O) groups excluding carboxylic acids is 1. The molecule has 0 saturated carbocycles. The highest BCUT2D eigenvalue weighted by Crippen LogP contribution is 2.15. The van der Waals surface area contributed by atoms with Gasteiger partial charge in [0.15, 0.2) is 0 Å². The zero-order chi connectivity index (χ0) is 13.1. The van der Waals surface area contributed by atoms with E-state index in [0.717, 1.165) is 10.9 Å². The zero-order valence-electron chi connectivity index (χ0n) is 10.3. The van der Waals surface area contributed by atoms with Gasteiger partial charge in [0.25, 0.3) is 0 Å². The predicted molar refractivity (Wildman–Crippen MR) is 71.7 cm³/mol. The number of carbonyl (C=O) groups is 1. The van der Waals surface area contributed by atoms with E-state index in [4.69, 9.17) is 4.74 Å². The average molecular weight is 312 g/mol. The second kappa shape index (κ2) is 5.48. The first-order valence-electron chi connectivity index (χ1n) is 5.69. The molecule has 0 saturated heterocycles. The molecule has 0 amide bonds. The molecule has 0 unspecified atom stereocenters. The van der Waals surface area contributed by atoms with Crippen LogP contribution in [0.4, 0.5) is 4.79 Å². The summed E-state index contributed by atoms with van der Waals surface area (Å²) in [7, 11) is 0. The first kappa shape index (κ1) is 13.0. The van der Waals surface area contributed by atoms with Crippen LogP contribution in [0, 0.1) is 5.92 Å². The third-order valence-corrected chi connectivity index (χ3v) is 3.02. The van der Waals surface area contributed by atoms with Crippen molar-refractivity contribution in [3.63, 3.8) is 0 Å². The van der Waals surface area contributed by atoms with Crippen LogP contribution in [0.5, 0.6) is 0 Å². The highest BCUT2D eigenvalue weighted by molar-refractivity contribution is 9.08. The molecule has 0 spiro atoms. The maximum Gasteiger partial charge on any atom is 0.436 e. The minimum absolute atomic E-state index is 0.295. The minimum Gasteiger partial charge on any atom is -0.448 e. The standard InChI is InChI=1S/C12H14BrN3O2/c1-8(2)7-18-12(17)16-11-4-3-9(6-13)5-10(11)14-15-16/h3-5,8H,6-7H2,1-2H3. The molecule has 0 atom stereocenters. The van der Waals surface area contributed by atoms with Crippen LogP contribution in [0.25, 0.3) is 11.0 Å². The van der Waals surface area contributed by atoms with Crippen molar-refractivity contribution in [2.75, 3.05) is 6.61 Å². The molecule has 2 aromatic rings. The summed E-state index contributed by atoms with van der Waals surface area (Å²) in [6.07, 6.45) is -0.488. The van der Waals surface area contributed by atoms with Crippen LogP contribution >= 0.6 is 15.9 Å². The number of aromatic nitrogens is 3. The van der Waals surface area contributed by atoms with Crippen LogP contribution in [-0.4, -0.2) is 27.7 Å². The molecule has 0 N–H and O–H groups in total. The highest BCUT2D eigenvalue weighted by Gasteiger charge is 2.13. The van der Waals surface area contributed by atoms with Crippen LogP contribution in [0.1, 0.15) is 19.4 Å². The molecular weight excluding hydrogens is 298 g/mol. The highest BCUT2D eigenvalue weighted by atomic mass is 79.9. The van der Waals surface area contributed by atoms with Gasteiger partial charge in [-0.2, -0.15) is 0 Å². The Hall–Kier alpha value is -1.43. The lowest BCUT2D eigenvalue weighted by molar-refractivity contribution is 0.132. The SMILES string of the molecule is CC(C)COC(=O)n1nnc2cc(CBr)ccc21. The number of halogens is 1. The Morgan fingerprint density at radius 3 is 2.94 bits per heavy atom. The maximum atomic E-state index is 11.8. The van der Waals surface area contributed by atoms with Gasteiger partial charge in [-0.25, -0.2) is 4.79 Å². The van der Waals surface area contributed by atoms with Gasteiger partial charge in [-0.1, -0.05) is 41.1 Å².